The van der Waals surface area contributed by atoms with Gasteiger partial charge < -0.3 is 10.2 Å². The molecule has 2 unspecified atom stereocenters. The summed E-state index contributed by atoms with van der Waals surface area (Å²) in [6.45, 7) is 9.21. The molecule has 0 aliphatic heterocycles. The van der Waals surface area contributed by atoms with Crippen molar-refractivity contribution in [2.75, 3.05) is 13.1 Å². The Balaban J connectivity index is 2.55. The zero-order chi connectivity index (χ0) is 11.3. The van der Waals surface area contributed by atoms with Crippen LogP contribution in [0.2, 0.25) is 0 Å². The highest BCUT2D eigenvalue weighted by molar-refractivity contribution is 4.98. The van der Waals surface area contributed by atoms with E-state index in [0.717, 1.165) is 25.4 Å². The third-order valence-corrected chi connectivity index (χ3v) is 3.12. The number of nitrogens with zero attached hydrogens (tertiary/aromatic N) is 1. The van der Waals surface area contributed by atoms with Crippen molar-refractivity contribution in [1.82, 2.24) is 4.90 Å². The second kappa shape index (κ2) is 5.93. The van der Waals surface area contributed by atoms with E-state index in [0.29, 0.717) is 12.0 Å². The van der Waals surface area contributed by atoms with Gasteiger partial charge in [-0.25, -0.2) is 0 Å². The van der Waals surface area contributed by atoms with Crippen LogP contribution in [-0.4, -0.2) is 24.0 Å². The second-order valence-electron chi connectivity index (χ2n) is 4.10. The van der Waals surface area contributed by atoms with E-state index >= 15 is 0 Å². The molecule has 0 bridgehead atoms. The summed E-state index contributed by atoms with van der Waals surface area (Å²) < 4.78 is 5.36. The molecular weight excluding hydrogens is 188 g/mol. The SMILES string of the molecule is CCN(Cc1ccco1)C(C)C(C)CN. The van der Waals surface area contributed by atoms with Crippen LogP contribution in [0.15, 0.2) is 22.8 Å². The first kappa shape index (κ1) is 12.3. The summed E-state index contributed by atoms with van der Waals surface area (Å²) in [4.78, 5) is 2.39. The standard InChI is InChI=1S/C12H22N2O/c1-4-14(11(3)10(2)8-13)9-12-6-5-7-15-12/h5-7,10-11H,4,8-9,13H2,1-3H3. The summed E-state index contributed by atoms with van der Waals surface area (Å²) in [5.74, 6) is 1.54. The van der Waals surface area contributed by atoms with Crippen molar-refractivity contribution in [3.05, 3.63) is 24.2 Å². The first-order valence-corrected chi connectivity index (χ1v) is 5.65. The molecule has 0 radical (unpaired) electrons. The number of furan rings is 1. The molecule has 0 aromatic carbocycles. The van der Waals surface area contributed by atoms with Gasteiger partial charge in [0.25, 0.3) is 0 Å². The Bertz CT molecular complexity index is 259. The minimum absolute atomic E-state index is 0.491. The summed E-state index contributed by atoms with van der Waals surface area (Å²) in [5.41, 5.74) is 5.69. The first-order chi connectivity index (χ1) is 7.19. The summed E-state index contributed by atoms with van der Waals surface area (Å²) in [6, 6.07) is 4.44. The number of rotatable bonds is 6. The van der Waals surface area contributed by atoms with E-state index in [9.17, 15) is 0 Å². The van der Waals surface area contributed by atoms with Crippen molar-refractivity contribution in [2.45, 2.75) is 33.4 Å². The van der Waals surface area contributed by atoms with E-state index in [1.807, 2.05) is 12.1 Å². The zero-order valence-corrected chi connectivity index (χ0v) is 9.94. The Labute approximate surface area is 92.2 Å². The third kappa shape index (κ3) is 3.36. The maximum absolute atomic E-state index is 5.69. The molecule has 1 rings (SSSR count). The minimum atomic E-state index is 0.491. The van der Waals surface area contributed by atoms with Gasteiger partial charge in [0.1, 0.15) is 5.76 Å². The molecule has 1 heterocycles. The highest BCUT2D eigenvalue weighted by Gasteiger charge is 2.18. The molecule has 1 aromatic rings. The number of nitrogens with two attached hydrogens (primary N) is 1. The van der Waals surface area contributed by atoms with Crippen LogP contribution in [0.4, 0.5) is 0 Å². The van der Waals surface area contributed by atoms with E-state index in [1.165, 1.54) is 0 Å². The van der Waals surface area contributed by atoms with Gasteiger partial charge in [-0.1, -0.05) is 13.8 Å². The van der Waals surface area contributed by atoms with Gasteiger partial charge in [0, 0.05) is 6.04 Å². The smallest absolute Gasteiger partial charge is 0.117 e. The Morgan fingerprint density at radius 3 is 2.67 bits per heavy atom. The zero-order valence-electron chi connectivity index (χ0n) is 9.94. The van der Waals surface area contributed by atoms with Crippen LogP contribution < -0.4 is 5.73 Å². The predicted molar refractivity (Wildman–Crippen MR) is 62.5 cm³/mol. The molecule has 3 nitrogen and oxygen atoms in total. The van der Waals surface area contributed by atoms with Crippen molar-refractivity contribution in [3.63, 3.8) is 0 Å². The molecule has 2 N–H and O–H groups in total. The van der Waals surface area contributed by atoms with Gasteiger partial charge in [-0.05, 0) is 38.1 Å². The molecule has 2 atom stereocenters. The number of hydrogen-bond donors (Lipinski definition) is 1. The second-order valence-corrected chi connectivity index (χ2v) is 4.10. The quantitative estimate of drug-likeness (QED) is 0.781. The molecule has 0 spiro atoms. The van der Waals surface area contributed by atoms with Gasteiger partial charge in [0.05, 0.1) is 12.8 Å². The van der Waals surface area contributed by atoms with Crippen LogP contribution in [0.1, 0.15) is 26.5 Å². The van der Waals surface area contributed by atoms with Gasteiger partial charge in [-0.15, -0.1) is 0 Å². The normalized spacial score (nSPS) is 15.5. The largest absolute Gasteiger partial charge is 0.468 e. The average Bonchev–Trinajstić information content (AvgIpc) is 2.76. The molecule has 0 saturated heterocycles. The van der Waals surface area contributed by atoms with Crippen molar-refractivity contribution in [1.29, 1.82) is 0 Å². The molecule has 1 aromatic heterocycles. The van der Waals surface area contributed by atoms with Gasteiger partial charge in [-0.2, -0.15) is 0 Å². The lowest BCUT2D eigenvalue weighted by Gasteiger charge is -2.31. The minimum Gasteiger partial charge on any atom is -0.468 e. The summed E-state index contributed by atoms with van der Waals surface area (Å²) >= 11 is 0. The lowest BCUT2D eigenvalue weighted by molar-refractivity contribution is 0.153. The highest BCUT2D eigenvalue weighted by Crippen LogP contribution is 2.13. The third-order valence-electron chi connectivity index (χ3n) is 3.12. The summed E-state index contributed by atoms with van der Waals surface area (Å²) in [7, 11) is 0. The van der Waals surface area contributed by atoms with Crippen LogP contribution in [0.3, 0.4) is 0 Å². The van der Waals surface area contributed by atoms with Crippen LogP contribution in [-0.2, 0) is 6.54 Å². The lowest BCUT2D eigenvalue weighted by Crippen LogP contribution is -2.39. The molecule has 3 heteroatoms. The van der Waals surface area contributed by atoms with Gasteiger partial charge in [-0.3, -0.25) is 4.90 Å². The first-order valence-electron chi connectivity index (χ1n) is 5.65. The van der Waals surface area contributed by atoms with E-state index in [1.54, 1.807) is 6.26 Å². The van der Waals surface area contributed by atoms with Crippen LogP contribution >= 0.6 is 0 Å². The topological polar surface area (TPSA) is 42.4 Å². The Morgan fingerprint density at radius 2 is 2.20 bits per heavy atom. The fourth-order valence-corrected chi connectivity index (χ4v) is 1.70. The molecule has 0 aliphatic rings. The molecule has 86 valence electrons. The van der Waals surface area contributed by atoms with E-state index in [2.05, 4.69) is 25.7 Å². The summed E-state index contributed by atoms with van der Waals surface area (Å²) in [6.07, 6.45) is 1.72. The van der Waals surface area contributed by atoms with Gasteiger partial charge >= 0.3 is 0 Å². The van der Waals surface area contributed by atoms with Crippen molar-refractivity contribution in [3.8, 4) is 0 Å². The number of hydrogen-bond acceptors (Lipinski definition) is 3. The van der Waals surface area contributed by atoms with Gasteiger partial charge in [0.15, 0.2) is 0 Å². The van der Waals surface area contributed by atoms with E-state index in [-0.39, 0.29) is 0 Å². The Morgan fingerprint density at radius 1 is 1.47 bits per heavy atom. The van der Waals surface area contributed by atoms with Gasteiger partial charge in [0.2, 0.25) is 0 Å². The summed E-state index contributed by atoms with van der Waals surface area (Å²) in [5, 5.41) is 0. The maximum atomic E-state index is 5.69. The molecule has 15 heavy (non-hydrogen) atoms. The van der Waals surface area contributed by atoms with Crippen LogP contribution in [0.5, 0.6) is 0 Å². The molecule has 0 fully saturated rings. The maximum Gasteiger partial charge on any atom is 0.117 e. The molecule has 0 aliphatic carbocycles. The fraction of sp³-hybridized carbons (Fsp3) is 0.667. The van der Waals surface area contributed by atoms with E-state index < -0.39 is 0 Å². The van der Waals surface area contributed by atoms with Crippen LogP contribution in [0.25, 0.3) is 0 Å². The van der Waals surface area contributed by atoms with Crippen LogP contribution in [0, 0.1) is 5.92 Å². The molecule has 0 saturated carbocycles. The highest BCUT2D eigenvalue weighted by atomic mass is 16.3. The Hall–Kier alpha value is -0.800. The fourth-order valence-electron chi connectivity index (χ4n) is 1.70. The molecule has 0 amide bonds. The lowest BCUT2D eigenvalue weighted by atomic mass is 10.0. The van der Waals surface area contributed by atoms with Crippen molar-refractivity contribution >= 4 is 0 Å². The average molecular weight is 210 g/mol. The van der Waals surface area contributed by atoms with Crippen molar-refractivity contribution in [2.24, 2.45) is 11.7 Å². The van der Waals surface area contributed by atoms with E-state index in [4.69, 9.17) is 10.2 Å². The molecular formula is C12H22N2O. The Kier molecular flexibility index (Phi) is 4.85. The predicted octanol–water partition coefficient (Wildman–Crippen LogP) is 2.08. The van der Waals surface area contributed by atoms with Crippen molar-refractivity contribution < 1.29 is 4.42 Å². The monoisotopic (exact) mass is 210 g/mol.